The molecule has 1 aliphatic rings. The first-order valence-electron chi connectivity index (χ1n) is 15.4. The first-order chi connectivity index (χ1) is 20.1. The van der Waals surface area contributed by atoms with Gasteiger partial charge in [0.25, 0.3) is 0 Å². The van der Waals surface area contributed by atoms with Crippen LogP contribution in [0.1, 0.15) is 81.3 Å². The molecule has 3 aromatic rings. The first kappa shape index (κ1) is 30.6. The van der Waals surface area contributed by atoms with Crippen LogP contribution < -0.4 is 9.47 Å². The number of benzene rings is 3. The van der Waals surface area contributed by atoms with Crippen molar-refractivity contribution < 1.29 is 19.0 Å². The maximum absolute atomic E-state index is 12.6. The van der Waals surface area contributed by atoms with Crippen LogP contribution in [0.5, 0.6) is 11.5 Å². The van der Waals surface area contributed by atoms with Crippen LogP contribution in [0.3, 0.4) is 0 Å². The molecular weight excluding hydrogens is 508 g/mol. The van der Waals surface area contributed by atoms with Gasteiger partial charge in [0.15, 0.2) is 0 Å². The zero-order valence-corrected chi connectivity index (χ0v) is 24.7. The van der Waals surface area contributed by atoms with Crippen molar-refractivity contribution in [3.05, 3.63) is 97.3 Å². The summed E-state index contributed by atoms with van der Waals surface area (Å²) in [5, 5.41) is 0. The molecule has 41 heavy (non-hydrogen) atoms. The summed E-state index contributed by atoms with van der Waals surface area (Å²) in [6, 6.07) is 25.4. The minimum absolute atomic E-state index is 0.0101. The molecule has 4 heteroatoms. The van der Waals surface area contributed by atoms with Gasteiger partial charge in [-0.2, -0.15) is 0 Å². The van der Waals surface area contributed by atoms with Crippen molar-refractivity contribution >= 4 is 5.97 Å². The Morgan fingerprint density at radius 1 is 0.707 bits per heavy atom. The Morgan fingerprint density at radius 2 is 1.24 bits per heavy atom. The second kappa shape index (κ2) is 16.8. The Balaban J connectivity index is 1.02. The normalized spacial score (nSPS) is 16.7. The molecule has 0 atom stereocenters. The van der Waals surface area contributed by atoms with Crippen molar-refractivity contribution in [3.63, 3.8) is 0 Å². The second-order valence-electron chi connectivity index (χ2n) is 11.2. The molecule has 0 saturated heterocycles. The van der Waals surface area contributed by atoms with Crippen LogP contribution in [0.2, 0.25) is 0 Å². The number of hydrogen-bond donors (Lipinski definition) is 0. The summed E-state index contributed by atoms with van der Waals surface area (Å²) in [6.07, 6.45) is 11.8. The van der Waals surface area contributed by atoms with Gasteiger partial charge in [-0.05, 0) is 112 Å². The van der Waals surface area contributed by atoms with Gasteiger partial charge < -0.3 is 14.2 Å². The third-order valence-corrected chi connectivity index (χ3v) is 8.02. The number of carbonyl (C=O) groups excluding carboxylic acids is 1. The number of aryl methyl sites for hydroxylation is 1. The average molecular weight is 555 g/mol. The summed E-state index contributed by atoms with van der Waals surface area (Å²) in [5.41, 5.74) is 5.03. The first-order valence-corrected chi connectivity index (χ1v) is 15.4. The molecule has 1 aliphatic carbocycles. The monoisotopic (exact) mass is 554 g/mol. The predicted molar refractivity (Wildman–Crippen MR) is 167 cm³/mol. The number of hydrogen-bond acceptors (Lipinski definition) is 4. The molecule has 1 fully saturated rings. The van der Waals surface area contributed by atoms with Gasteiger partial charge in [-0.1, -0.05) is 61.0 Å². The quantitative estimate of drug-likeness (QED) is 0.101. The highest BCUT2D eigenvalue weighted by atomic mass is 16.5. The van der Waals surface area contributed by atoms with Crippen LogP contribution >= 0.6 is 0 Å². The van der Waals surface area contributed by atoms with Crippen molar-refractivity contribution in [2.45, 2.75) is 77.0 Å². The highest BCUT2D eigenvalue weighted by molar-refractivity contribution is 5.72. The van der Waals surface area contributed by atoms with Crippen molar-refractivity contribution in [1.29, 1.82) is 0 Å². The SMILES string of the molecule is [CH2+][CH-]CCCOc1ccc(C2CCC(C(=O)OCCCCCCOc3ccc(-c4ccc(C)cc4)cc3)CC2)cc1. The highest BCUT2D eigenvalue weighted by Crippen LogP contribution is 2.37. The largest absolute Gasteiger partial charge is 0.494 e. The van der Waals surface area contributed by atoms with Crippen LogP contribution in [0.25, 0.3) is 11.1 Å². The molecule has 4 rings (SSSR count). The van der Waals surface area contributed by atoms with Crippen LogP contribution in [-0.2, 0) is 9.53 Å². The Morgan fingerprint density at radius 3 is 1.85 bits per heavy atom. The van der Waals surface area contributed by atoms with E-state index in [1.54, 1.807) is 0 Å². The van der Waals surface area contributed by atoms with E-state index in [0.29, 0.717) is 19.1 Å². The van der Waals surface area contributed by atoms with Gasteiger partial charge in [0.1, 0.15) is 11.5 Å². The standard InChI is InChI=1S/C37H46O4/c1-3-4-7-26-39-35-24-20-33(21-25-35)31-14-16-34(17-15-31)37(38)41-28-9-6-5-8-27-40-36-22-18-32(19-23-36)30-12-10-29(2)11-13-30/h3,10-13,18-25,31,34H,1,4-9,14-17,26-28H2,2H3. The molecule has 0 heterocycles. The van der Waals surface area contributed by atoms with E-state index < -0.39 is 0 Å². The number of carbonyl (C=O) groups is 1. The highest BCUT2D eigenvalue weighted by Gasteiger charge is 2.28. The molecule has 0 radical (unpaired) electrons. The molecule has 3 aromatic carbocycles. The van der Waals surface area contributed by atoms with E-state index in [9.17, 15) is 4.79 Å². The predicted octanol–water partition coefficient (Wildman–Crippen LogP) is 9.32. The van der Waals surface area contributed by atoms with E-state index in [-0.39, 0.29) is 11.9 Å². The van der Waals surface area contributed by atoms with Crippen molar-refractivity contribution in [2.75, 3.05) is 19.8 Å². The molecule has 0 bridgehead atoms. The third-order valence-electron chi connectivity index (χ3n) is 8.02. The molecule has 4 nitrogen and oxygen atoms in total. The summed E-state index contributed by atoms with van der Waals surface area (Å²) in [7, 11) is 0. The molecule has 1 saturated carbocycles. The maximum atomic E-state index is 12.6. The second-order valence-corrected chi connectivity index (χ2v) is 11.2. The molecule has 0 N–H and O–H groups in total. The average Bonchev–Trinajstić information content (AvgIpc) is 3.01. The third kappa shape index (κ3) is 10.2. The fourth-order valence-electron chi connectivity index (χ4n) is 5.44. The van der Waals surface area contributed by atoms with E-state index in [1.807, 2.05) is 18.6 Å². The number of esters is 1. The summed E-state index contributed by atoms with van der Waals surface area (Å²) in [5.74, 6) is 2.38. The lowest BCUT2D eigenvalue weighted by Crippen LogP contribution is -2.23. The summed E-state index contributed by atoms with van der Waals surface area (Å²) in [6.45, 7) is 7.80. The molecule has 0 aliphatic heterocycles. The minimum atomic E-state index is -0.0101. The van der Waals surface area contributed by atoms with Crippen LogP contribution in [0.15, 0.2) is 72.8 Å². The number of rotatable bonds is 16. The lowest BCUT2D eigenvalue weighted by Gasteiger charge is -2.27. The molecule has 218 valence electrons. The van der Waals surface area contributed by atoms with Crippen molar-refractivity contribution in [1.82, 2.24) is 0 Å². The van der Waals surface area contributed by atoms with Crippen LogP contribution in [-0.4, -0.2) is 25.8 Å². The van der Waals surface area contributed by atoms with Crippen LogP contribution in [0, 0.1) is 26.2 Å². The van der Waals surface area contributed by atoms with E-state index in [1.165, 1.54) is 22.3 Å². The van der Waals surface area contributed by atoms with E-state index in [4.69, 9.17) is 14.2 Å². The van der Waals surface area contributed by atoms with Gasteiger partial charge >= 0.3 is 5.97 Å². The minimum Gasteiger partial charge on any atom is -0.494 e. The lowest BCUT2D eigenvalue weighted by atomic mass is 9.79. The van der Waals surface area contributed by atoms with Gasteiger partial charge in [-0.3, -0.25) is 4.79 Å². The van der Waals surface area contributed by atoms with E-state index in [2.05, 4.69) is 74.5 Å². The Bertz CT molecular complexity index is 1140. The Hall–Kier alpha value is -3.40. The van der Waals surface area contributed by atoms with E-state index in [0.717, 1.165) is 82.3 Å². The zero-order chi connectivity index (χ0) is 28.7. The van der Waals surface area contributed by atoms with Gasteiger partial charge in [0.2, 0.25) is 0 Å². The number of unbranched alkanes of at least 4 members (excludes halogenated alkanes) is 5. The van der Waals surface area contributed by atoms with Gasteiger partial charge in [-0.15, -0.1) is 12.8 Å². The summed E-state index contributed by atoms with van der Waals surface area (Å²) < 4.78 is 17.3. The molecule has 0 amide bonds. The fraction of sp³-hybridized carbons (Fsp3) is 0.432. The van der Waals surface area contributed by atoms with E-state index >= 15 is 0 Å². The smallest absolute Gasteiger partial charge is 0.308 e. The lowest BCUT2D eigenvalue weighted by molar-refractivity contribution is -0.149. The molecule has 0 spiro atoms. The van der Waals surface area contributed by atoms with Crippen molar-refractivity contribution in [2.24, 2.45) is 5.92 Å². The Labute approximate surface area is 247 Å². The summed E-state index contributed by atoms with van der Waals surface area (Å²) >= 11 is 0. The van der Waals surface area contributed by atoms with Gasteiger partial charge in [-0.25, -0.2) is 0 Å². The summed E-state index contributed by atoms with van der Waals surface area (Å²) in [4.78, 5) is 12.6. The van der Waals surface area contributed by atoms with Gasteiger partial charge in [0, 0.05) is 0 Å². The van der Waals surface area contributed by atoms with Crippen molar-refractivity contribution in [3.8, 4) is 22.6 Å². The Kier molecular flexibility index (Phi) is 12.5. The molecule has 0 aromatic heterocycles. The fourth-order valence-corrected chi connectivity index (χ4v) is 5.44. The molecular formula is C37H46O4. The van der Waals surface area contributed by atoms with Crippen LogP contribution in [0.4, 0.5) is 0 Å². The topological polar surface area (TPSA) is 44.8 Å². The zero-order valence-electron chi connectivity index (χ0n) is 24.7. The molecule has 0 unspecified atom stereocenters. The number of ether oxygens (including phenoxy) is 3. The maximum Gasteiger partial charge on any atom is 0.308 e. The van der Waals surface area contributed by atoms with Gasteiger partial charge in [0.05, 0.1) is 25.7 Å².